The number of ketones is 1. The lowest BCUT2D eigenvalue weighted by molar-refractivity contribution is -0.120. The maximum absolute atomic E-state index is 13.0. The van der Waals surface area contributed by atoms with Gasteiger partial charge in [-0.25, -0.2) is 4.98 Å². The Morgan fingerprint density at radius 1 is 1.36 bits per heavy atom. The van der Waals surface area contributed by atoms with E-state index >= 15 is 0 Å². The molecule has 1 atom stereocenters. The van der Waals surface area contributed by atoms with Gasteiger partial charge in [0.25, 0.3) is 0 Å². The molecule has 0 aromatic carbocycles. The highest BCUT2D eigenvalue weighted by Crippen LogP contribution is 2.36. The third kappa shape index (κ3) is 3.76. The third-order valence-electron chi connectivity index (χ3n) is 5.09. The first kappa shape index (κ1) is 20.3. The molecule has 1 aliphatic heterocycles. The maximum atomic E-state index is 13.0. The van der Waals surface area contributed by atoms with Crippen molar-refractivity contribution in [1.29, 1.82) is 0 Å². The lowest BCUT2D eigenvalue weighted by Crippen LogP contribution is -2.47. The second-order valence-electron chi connectivity index (χ2n) is 7.64. The van der Waals surface area contributed by atoms with Gasteiger partial charge in [-0.15, -0.1) is 0 Å². The Morgan fingerprint density at radius 3 is 2.71 bits per heavy atom. The zero-order valence-corrected chi connectivity index (χ0v) is 17.7. The highest BCUT2D eigenvalue weighted by Gasteiger charge is 2.36. The van der Waals surface area contributed by atoms with Crippen LogP contribution in [-0.4, -0.2) is 33.9 Å². The van der Waals surface area contributed by atoms with E-state index in [9.17, 15) is 4.79 Å². The van der Waals surface area contributed by atoms with Crippen LogP contribution in [0.1, 0.15) is 42.7 Å². The quantitative estimate of drug-likeness (QED) is 0.765. The van der Waals surface area contributed by atoms with Gasteiger partial charge in [-0.05, 0) is 26.2 Å². The van der Waals surface area contributed by atoms with Crippen LogP contribution in [0, 0.1) is 19.8 Å². The standard InChI is InChI=1S/C20H26ClN5O2/c1-10(2)6-15-16(27)7-13-18(21)24-20(22)25-19(13)26(15)9-14-12(4)17(28-5)11(3)8-23-14/h8,10,15H,6-7,9H2,1-5H3,(H2,22,24,25)/t15-/m0/s1. The Bertz CT molecular complexity index is 916. The van der Waals surface area contributed by atoms with Gasteiger partial charge in [0, 0.05) is 29.3 Å². The van der Waals surface area contributed by atoms with Gasteiger partial charge in [-0.2, -0.15) is 4.98 Å². The fourth-order valence-corrected chi connectivity index (χ4v) is 3.98. The molecular formula is C20H26ClN5O2. The van der Waals surface area contributed by atoms with Crippen molar-refractivity contribution < 1.29 is 9.53 Å². The SMILES string of the molecule is COc1c(C)cnc(CN2c3nc(N)nc(Cl)c3CC(=O)[C@@H]2CC(C)C)c1C. The number of rotatable bonds is 5. The van der Waals surface area contributed by atoms with Crippen LogP contribution in [0.15, 0.2) is 6.20 Å². The van der Waals surface area contributed by atoms with Crippen molar-refractivity contribution in [3.63, 3.8) is 0 Å². The molecule has 8 heteroatoms. The van der Waals surface area contributed by atoms with Gasteiger partial charge in [-0.3, -0.25) is 9.78 Å². The fourth-order valence-electron chi connectivity index (χ4n) is 3.75. The summed E-state index contributed by atoms with van der Waals surface area (Å²) in [4.78, 5) is 28.0. The minimum atomic E-state index is -0.314. The number of hydrogen-bond acceptors (Lipinski definition) is 7. The zero-order chi connectivity index (χ0) is 20.6. The Balaban J connectivity index is 2.11. The Kier molecular flexibility index (Phi) is 5.74. The highest BCUT2D eigenvalue weighted by molar-refractivity contribution is 6.31. The van der Waals surface area contributed by atoms with Crippen molar-refractivity contribution >= 4 is 29.2 Å². The molecule has 0 spiro atoms. The van der Waals surface area contributed by atoms with E-state index in [1.54, 1.807) is 13.3 Å². The monoisotopic (exact) mass is 403 g/mol. The van der Waals surface area contributed by atoms with Crippen LogP contribution in [0.5, 0.6) is 5.75 Å². The lowest BCUT2D eigenvalue weighted by Gasteiger charge is -2.38. The lowest BCUT2D eigenvalue weighted by atomic mass is 9.91. The number of nitrogens with two attached hydrogens (primary N) is 1. The molecule has 0 amide bonds. The number of hydrogen-bond donors (Lipinski definition) is 1. The van der Waals surface area contributed by atoms with E-state index in [0.29, 0.717) is 30.3 Å². The number of halogens is 1. The summed E-state index contributed by atoms with van der Waals surface area (Å²) in [6.07, 6.45) is 2.71. The molecule has 2 aromatic heterocycles. The highest BCUT2D eigenvalue weighted by atomic mass is 35.5. The van der Waals surface area contributed by atoms with Crippen LogP contribution in [-0.2, 0) is 17.8 Å². The van der Waals surface area contributed by atoms with Crippen molar-refractivity contribution in [3.05, 3.63) is 33.7 Å². The fraction of sp³-hybridized carbons (Fsp3) is 0.500. The first-order valence-electron chi connectivity index (χ1n) is 9.33. The summed E-state index contributed by atoms with van der Waals surface area (Å²) >= 11 is 6.29. The molecular weight excluding hydrogens is 378 g/mol. The molecule has 0 unspecified atom stereocenters. The average Bonchev–Trinajstić information content (AvgIpc) is 2.61. The van der Waals surface area contributed by atoms with Crippen molar-refractivity contribution in [1.82, 2.24) is 15.0 Å². The smallest absolute Gasteiger partial charge is 0.223 e. The van der Waals surface area contributed by atoms with Crippen LogP contribution < -0.4 is 15.4 Å². The van der Waals surface area contributed by atoms with Crippen LogP contribution in [0.2, 0.25) is 5.15 Å². The van der Waals surface area contributed by atoms with Gasteiger partial charge in [0.05, 0.1) is 25.4 Å². The number of Topliss-reactive ketones (excluding diaryl/α,β-unsaturated/α-hetero) is 1. The molecule has 150 valence electrons. The molecule has 0 radical (unpaired) electrons. The predicted octanol–water partition coefficient (Wildman–Crippen LogP) is 3.28. The summed E-state index contributed by atoms with van der Waals surface area (Å²) in [5.74, 6) is 1.96. The normalized spacial score (nSPS) is 16.5. The molecule has 0 aliphatic carbocycles. The second-order valence-corrected chi connectivity index (χ2v) is 8.00. The summed E-state index contributed by atoms with van der Waals surface area (Å²) in [7, 11) is 1.65. The van der Waals surface area contributed by atoms with Gasteiger partial charge in [0.15, 0.2) is 5.78 Å². The number of nitrogen functional groups attached to an aromatic ring is 1. The van der Waals surface area contributed by atoms with Crippen LogP contribution in [0.25, 0.3) is 0 Å². The Morgan fingerprint density at radius 2 is 2.07 bits per heavy atom. The van der Waals surface area contributed by atoms with E-state index in [0.717, 1.165) is 22.6 Å². The summed E-state index contributed by atoms with van der Waals surface area (Å²) in [6, 6.07) is -0.314. The number of methoxy groups -OCH3 is 1. The van der Waals surface area contributed by atoms with E-state index < -0.39 is 0 Å². The number of ether oxygens (including phenoxy) is 1. The largest absolute Gasteiger partial charge is 0.496 e. The topological polar surface area (TPSA) is 94.2 Å². The molecule has 0 bridgehead atoms. The van der Waals surface area contributed by atoms with Gasteiger partial charge in [0.2, 0.25) is 5.95 Å². The number of fused-ring (bicyclic) bond motifs is 1. The number of anilines is 2. The second kappa shape index (κ2) is 7.91. The van der Waals surface area contributed by atoms with E-state index in [4.69, 9.17) is 22.1 Å². The van der Waals surface area contributed by atoms with Gasteiger partial charge in [0.1, 0.15) is 16.7 Å². The van der Waals surface area contributed by atoms with Gasteiger partial charge >= 0.3 is 0 Å². The number of aromatic nitrogens is 3. The van der Waals surface area contributed by atoms with Crippen molar-refractivity contribution in [3.8, 4) is 5.75 Å². The zero-order valence-electron chi connectivity index (χ0n) is 16.9. The summed E-state index contributed by atoms with van der Waals surface area (Å²) in [5.41, 5.74) is 9.22. The van der Waals surface area contributed by atoms with Crippen LogP contribution in [0.3, 0.4) is 0 Å². The van der Waals surface area contributed by atoms with E-state index in [2.05, 4.69) is 28.8 Å². The van der Waals surface area contributed by atoms with Crippen molar-refractivity contribution in [2.45, 2.75) is 53.1 Å². The summed E-state index contributed by atoms with van der Waals surface area (Å²) < 4.78 is 5.53. The van der Waals surface area contributed by atoms with Crippen molar-refractivity contribution in [2.75, 3.05) is 17.7 Å². The van der Waals surface area contributed by atoms with Crippen LogP contribution >= 0.6 is 11.6 Å². The Labute approximate surface area is 170 Å². The van der Waals surface area contributed by atoms with Gasteiger partial charge < -0.3 is 15.4 Å². The van der Waals surface area contributed by atoms with E-state index in [-0.39, 0.29) is 29.3 Å². The summed E-state index contributed by atoms with van der Waals surface area (Å²) in [5, 5.41) is 0.231. The molecule has 0 saturated carbocycles. The van der Waals surface area contributed by atoms with Crippen LogP contribution in [0.4, 0.5) is 11.8 Å². The summed E-state index contributed by atoms with van der Waals surface area (Å²) in [6.45, 7) is 8.53. The third-order valence-corrected chi connectivity index (χ3v) is 5.40. The molecule has 1 aliphatic rings. The molecule has 3 rings (SSSR count). The maximum Gasteiger partial charge on any atom is 0.223 e. The first-order chi connectivity index (χ1) is 13.2. The molecule has 0 fully saturated rings. The molecule has 2 N–H and O–H groups in total. The number of carbonyl (C=O) groups is 1. The van der Waals surface area contributed by atoms with Crippen molar-refractivity contribution in [2.24, 2.45) is 5.92 Å². The van der Waals surface area contributed by atoms with E-state index in [1.165, 1.54) is 0 Å². The average molecular weight is 404 g/mol. The minimum absolute atomic E-state index is 0.0950. The number of pyridine rings is 1. The number of aryl methyl sites for hydroxylation is 1. The minimum Gasteiger partial charge on any atom is -0.496 e. The van der Waals surface area contributed by atoms with Gasteiger partial charge in [-0.1, -0.05) is 25.4 Å². The molecule has 0 saturated heterocycles. The molecule has 7 nitrogen and oxygen atoms in total. The molecule has 3 heterocycles. The first-order valence-corrected chi connectivity index (χ1v) is 9.71. The molecule has 2 aromatic rings. The Hall–Kier alpha value is -2.41. The molecule has 28 heavy (non-hydrogen) atoms. The number of carbonyl (C=O) groups excluding carboxylic acids is 1. The number of nitrogens with zero attached hydrogens (tertiary/aromatic N) is 4. The predicted molar refractivity (Wildman–Crippen MR) is 110 cm³/mol. The van der Waals surface area contributed by atoms with E-state index in [1.807, 2.05) is 18.7 Å².